The summed E-state index contributed by atoms with van der Waals surface area (Å²) < 4.78 is 52.7. The summed E-state index contributed by atoms with van der Waals surface area (Å²) in [5, 5.41) is 0. The number of imide groups is 1. The van der Waals surface area contributed by atoms with Gasteiger partial charge < -0.3 is 0 Å². The predicted molar refractivity (Wildman–Crippen MR) is 91.4 cm³/mol. The van der Waals surface area contributed by atoms with Gasteiger partial charge in [-0.3, -0.25) is 24.2 Å². The summed E-state index contributed by atoms with van der Waals surface area (Å²) in [6, 6.07) is 3.85. The van der Waals surface area contributed by atoms with Crippen LogP contribution >= 0.6 is 0 Å². The van der Waals surface area contributed by atoms with Crippen LogP contribution in [-0.4, -0.2) is 35.5 Å². The molecule has 3 fully saturated rings. The van der Waals surface area contributed by atoms with Crippen LogP contribution in [0.15, 0.2) is 36.4 Å². The molecule has 2 bridgehead atoms. The smallest absolute Gasteiger partial charge is 0.286 e. The van der Waals surface area contributed by atoms with Gasteiger partial charge in [-0.15, -0.1) is 0 Å². The molecule has 1 aliphatic heterocycles. The minimum absolute atomic E-state index is 0.0750. The average Bonchev–Trinajstić information content (AvgIpc) is 3.46. The lowest BCUT2D eigenvalue weighted by atomic mass is 9.63. The number of carbonyl (C=O) groups is 3. The van der Waals surface area contributed by atoms with Crippen molar-refractivity contribution in [2.24, 2.45) is 35.5 Å². The first-order valence-electron chi connectivity index (χ1n) is 9.36. The molecule has 4 aliphatic carbocycles. The fourth-order valence-corrected chi connectivity index (χ4v) is 5.34. The van der Waals surface area contributed by atoms with Crippen molar-refractivity contribution in [3.63, 3.8) is 0 Å². The van der Waals surface area contributed by atoms with Crippen molar-refractivity contribution in [3.05, 3.63) is 42.2 Å². The van der Waals surface area contributed by atoms with E-state index >= 15 is 0 Å². The van der Waals surface area contributed by atoms with E-state index in [0.29, 0.717) is 16.7 Å². The van der Waals surface area contributed by atoms with Crippen molar-refractivity contribution in [3.8, 4) is 0 Å². The number of allylic oxidation sites excluding steroid dienone is 2. The van der Waals surface area contributed by atoms with Crippen LogP contribution in [0.25, 0.3) is 0 Å². The Morgan fingerprint density at radius 3 is 2.00 bits per heavy atom. The average molecular weight is 408 g/mol. The number of halogens is 4. The van der Waals surface area contributed by atoms with E-state index < -0.39 is 48.2 Å². The first-order valence-corrected chi connectivity index (χ1v) is 9.36. The number of carbonyl (C=O) groups excluding carboxylic acids is 3. The van der Waals surface area contributed by atoms with Crippen molar-refractivity contribution in [1.29, 1.82) is 0 Å². The Kier molecular flexibility index (Phi) is 3.73. The Labute approximate surface area is 162 Å². The van der Waals surface area contributed by atoms with Crippen LogP contribution < -0.4 is 4.90 Å². The van der Waals surface area contributed by atoms with Gasteiger partial charge in [-0.1, -0.05) is 12.2 Å². The maximum atomic E-state index is 13.2. The molecular formula is C20H16F4N2O3. The molecule has 0 spiro atoms. The van der Waals surface area contributed by atoms with Crippen molar-refractivity contribution in [1.82, 2.24) is 4.90 Å². The molecule has 29 heavy (non-hydrogen) atoms. The minimum atomic E-state index is -5.21. The fraction of sp³-hybridized carbons (Fsp3) is 0.450. The van der Waals surface area contributed by atoms with Gasteiger partial charge >= 0.3 is 12.1 Å². The molecule has 0 N–H and O–H groups in total. The van der Waals surface area contributed by atoms with Crippen molar-refractivity contribution in [2.45, 2.75) is 12.6 Å². The topological polar surface area (TPSA) is 57.7 Å². The van der Waals surface area contributed by atoms with Gasteiger partial charge in [-0.05, 0) is 54.4 Å². The third-order valence-electron chi connectivity index (χ3n) is 6.66. The second-order valence-corrected chi connectivity index (χ2v) is 8.11. The lowest BCUT2D eigenvalue weighted by molar-refractivity contribution is -0.171. The fourth-order valence-electron chi connectivity index (χ4n) is 5.34. The molecule has 3 amide bonds. The van der Waals surface area contributed by atoms with Crippen LogP contribution in [0.4, 0.5) is 23.2 Å². The van der Waals surface area contributed by atoms with E-state index in [-0.39, 0.29) is 17.5 Å². The summed E-state index contributed by atoms with van der Waals surface area (Å²) in [6.45, 7) is -0.844. The number of alkyl halides is 3. The Hall–Kier alpha value is -2.71. The van der Waals surface area contributed by atoms with Gasteiger partial charge in [0, 0.05) is 5.69 Å². The number of hydrogen-bond acceptors (Lipinski definition) is 3. The number of rotatable bonds is 3. The number of benzene rings is 1. The lowest BCUT2D eigenvalue weighted by Crippen LogP contribution is -2.49. The van der Waals surface area contributed by atoms with Crippen LogP contribution in [0.5, 0.6) is 0 Å². The number of hydrogen-bond donors (Lipinski definition) is 0. The Bertz CT molecular complexity index is 906. The Balaban J connectivity index is 1.46. The number of likely N-dealkylation sites (tertiary alicyclic amines) is 1. The minimum Gasteiger partial charge on any atom is -0.286 e. The first kappa shape index (κ1) is 18.3. The molecule has 0 radical (unpaired) electrons. The predicted octanol–water partition coefficient (Wildman–Crippen LogP) is 2.73. The van der Waals surface area contributed by atoms with E-state index in [2.05, 4.69) is 0 Å². The van der Waals surface area contributed by atoms with Gasteiger partial charge in [0.15, 0.2) is 0 Å². The molecule has 6 atom stereocenters. The molecule has 2 saturated carbocycles. The van der Waals surface area contributed by atoms with Crippen molar-refractivity contribution >= 4 is 23.4 Å². The molecule has 9 heteroatoms. The maximum absolute atomic E-state index is 13.2. The zero-order valence-corrected chi connectivity index (χ0v) is 15.0. The zero-order chi connectivity index (χ0) is 20.7. The molecule has 5 aliphatic rings. The maximum Gasteiger partial charge on any atom is 0.471 e. The van der Waals surface area contributed by atoms with Gasteiger partial charge in [-0.2, -0.15) is 13.2 Å². The third-order valence-corrected chi connectivity index (χ3v) is 6.66. The number of nitrogens with zero attached hydrogens (tertiary/aromatic N) is 2. The third kappa shape index (κ3) is 2.63. The van der Waals surface area contributed by atoms with E-state index in [1.807, 2.05) is 12.2 Å². The van der Waals surface area contributed by atoms with Gasteiger partial charge in [0.2, 0.25) is 11.8 Å². The van der Waals surface area contributed by atoms with Crippen LogP contribution in [0.1, 0.15) is 6.42 Å². The zero-order valence-electron chi connectivity index (χ0n) is 15.0. The molecule has 6 rings (SSSR count). The molecule has 1 heterocycles. The Morgan fingerprint density at radius 1 is 1.00 bits per heavy atom. The summed E-state index contributed by atoms with van der Waals surface area (Å²) in [5.41, 5.74) is -0.242. The van der Waals surface area contributed by atoms with Crippen LogP contribution in [0.3, 0.4) is 0 Å². The molecule has 152 valence electrons. The highest BCUT2D eigenvalue weighted by atomic mass is 19.4. The SMILES string of the molecule is O=C1[C@@H]2[C@@H]3C=C[C@H]([C@H]4C[C@@H]34)[C@@H]2C(=O)N1CN(C(=O)C(F)(F)F)c1ccc(F)cc1. The first-order chi connectivity index (χ1) is 13.7. The van der Waals surface area contributed by atoms with E-state index in [1.165, 1.54) is 0 Å². The largest absolute Gasteiger partial charge is 0.471 e. The molecular weight excluding hydrogens is 392 g/mol. The lowest BCUT2D eigenvalue weighted by Gasteiger charge is -2.37. The van der Waals surface area contributed by atoms with Crippen LogP contribution in [0.2, 0.25) is 0 Å². The molecule has 0 unspecified atom stereocenters. The highest BCUT2D eigenvalue weighted by Gasteiger charge is 2.67. The van der Waals surface area contributed by atoms with Gasteiger partial charge in [0.1, 0.15) is 12.5 Å². The van der Waals surface area contributed by atoms with Crippen LogP contribution in [-0.2, 0) is 14.4 Å². The van der Waals surface area contributed by atoms with Crippen LogP contribution in [0, 0.1) is 41.3 Å². The quantitative estimate of drug-likeness (QED) is 0.439. The van der Waals surface area contributed by atoms with Crippen molar-refractivity contribution < 1.29 is 31.9 Å². The summed E-state index contributed by atoms with van der Waals surface area (Å²) in [7, 11) is 0. The van der Waals surface area contributed by atoms with E-state index in [0.717, 1.165) is 35.6 Å². The Morgan fingerprint density at radius 2 is 1.52 bits per heavy atom. The highest BCUT2D eigenvalue weighted by molar-refractivity contribution is 6.07. The molecule has 1 aromatic rings. The summed E-state index contributed by atoms with van der Waals surface area (Å²) >= 11 is 0. The van der Waals surface area contributed by atoms with E-state index in [4.69, 9.17) is 0 Å². The number of anilines is 1. The standard InChI is InChI=1S/C20H16F4N2O3/c21-9-1-3-10(4-2-9)25(19(29)20(22,23)24)8-26-17(27)15-11-5-6-12(14-7-13(11)14)16(15)18(26)28/h1-6,11-16H,7-8H2/t11-,12-,13-,14+,15+,16-/m1/s1. The second kappa shape index (κ2) is 5.90. The van der Waals surface area contributed by atoms with Gasteiger partial charge in [0.25, 0.3) is 0 Å². The molecule has 5 nitrogen and oxygen atoms in total. The normalized spacial score (nSPS) is 34.3. The summed E-state index contributed by atoms with van der Waals surface area (Å²) in [6.07, 6.45) is -0.347. The van der Waals surface area contributed by atoms with Gasteiger partial charge in [-0.25, -0.2) is 4.39 Å². The monoisotopic (exact) mass is 408 g/mol. The van der Waals surface area contributed by atoms with Crippen molar-refractivity contribution in [2.75, 3.05) is 11.6 Å². The van der Waals surface area contributed by atoms with Gasteiger partial charge in [0.05, 0.1) is 11.8 Å². The second-order valence-electron chi connectivity index (χ2n) is 8.11. The van der Waals surface area contributed by atoms with E-state index in [1.54, 1.807) is 0 Å². The summed E-state index contributed by atoms with van der Waals surface area (Å²) in [5.74, 6) is -4.56. The molecule has 1 saturated heterocycles. The van der Waals surface area contributed by atoms with E-state index in [9.17, 15) is 31.9 Å². The molecule has 1 aromatic carbocycles. The number of amides is 3. The highest BCUT2D eigenvalue weighted by Crippen LogP contribution is 2.65. The summed E-state index contributed by atoms with van der Waals surface area (Å²) in [4.78, 5) is 39.1. The molecule has 0 aromatic heterocycles.